The van der Waals surface area contributed by atoms with Crippen molar-refractivity contribution in [2.75, 3.05) is 12.3 Å². The average molecular weight is 388 g/mol. The molecule has 2 rings (SSSR count). The molecule has 0 aliphatic heterocycles. The van der Waals surface area contributed by atoms with Gasteiger partial charge in [-0.1, -0.05) is 53.7 Å². The number of hydrogen-bond donors (Lipinski definition) is 0. The van der Waals surface area contributed by atoms with Crippen LogP contribution >= 0.6 is 15.8 Å². The lowest BCUT2D eigenvalue weighted by Crippen LogP contribution is -2.24. The van der Waals surface area contributed by atoms with Gasteiger partial charge in [-0.05, 0) is 75.6 Å². The number of unbranched alkanes of at least 4 members (excludes halogenated alkanes) is 1. The highest BCUT2D eigenvalue weighted by Crippen LogP contribution is 2.50. The summed E-state index contributed by atoms with van der Waals surface area (Å²) < 4.78 is 0. The van der Waals surface area contributed by atoms with Gasteiger partial charge in [-0.2, -0.15) is 0 Å². The van der Waals surface area contributed by atoms with Crippen LogP contribution in [0.3, 0.4) is 0 Å². The molecule has 2 nitrogen and oxygen atoms in total. The van der Waals surface area contributed by atoms with Crippen LogP contribution in [0.5, 0.6) is 0 Å². The first-order chi connectivity index (χ1) is 12.2. The summed E-state index contributed by atoms with van der Waals surface area (Å²) in [5.41, 5.74) is 2.61. The summed E-state index contributed by atoms with van der Waals surface area (Å²) in [6.45, 7) is 14.2. The maximum Gasteiger partial charge on any atom is 0.0636 e. The van der Waals surface area contributed by atoms with E-state index < -0.39 is 0 Å². The van der Waals surface area contributed by atoms with Crippen molar-refractivity contribution in [3.05, 3.63) is 48.8 Å². The fourth-order valence-electron chi connectivity index (χ4n) is 3.15. The van der Waals surface area contributed by atoms with Crippen LogP contribution in [0.25, 0.3) is 0 Å². The van der Waals surface area contributed by atoms with Crippen LogP contribution in [0.15, 0.2) is 48.8 Å². The molecule has 142 valence electrons. The minimum absolute atomic E-state index is 0.230. The molecule has 0 aliphatic rings. The third kappa shape index (κ3) is 6.40. The molecule has 2 heterocycles. The van der Waals surface area contributed by atoms with Crippen LogP contribution in [0.1, 0.15) is 54.4 Å². The maximum absolute atomic E-state index is 4.67. The molecule has 0 N–H and O–H groups in total. The summed E-state index contributed by atoms with van der Waals surface area (Å²) in [5.74, 6) is 0. The van der Waals surface area contributed by atoms with Gasteiger partial charge in [-0.3, -0.25) is 9.97 Å². The Morgan fingerprint density at radius 2 is 1.04 bits per heavy atom. The van der Waals surface area contributed by atoms with E-state index in [0.29, 0.717) is 10.3 Å². The van der Waals surface area contributed by atoms with Crippen molar-refractivity contribution in [3.8, 4) is 0 Å². The van der Waals surface area contributed by atoms with E-state index in [4.69, 9.17) is 0 Å². The van der Waals surface area contributed by atoms with E-state index in [1.54, 1.807) is 0 Å². The second-order valence-corrected chi connectivity index (χ2v) is 14.9. The van der Waals surface area contributed by atoms with Crippen molar-refractivity contribution >= 4 is 26.7 Å². The summed E-state index contributed by atoms with van der Waals surface area (Å²) in [5, 5.41) is 0.610. The Bertz CT molecular complexity index is 586. The number of pyridine rings is 2. The van der Waals surface area contributed by atoms with Crippen molar-refractivity contribution < 1.29 is 0 Å². The molecule has 0 aromatic carbocycles. The monoisotopic (exact) mass is 388 g/mol. The maximum atomic E-state index is 4.67. The van der Waals surface area contributed by atoms with E-state index in [0.717, 1.165) is 0 Å². The zero-order valence-electron chi connectivity index (χ0n) is 17.2. The molecule has 0 fully saturated rings. The lowest BCUT2D eigenvalue weighted by atomic mass is 10.3. The molecule has 0 spiro atoms. The molecule has 0 saturated heterocycles. The molecule has 0 bridgehead atoms. The molecular weight excluding hydrogens is 354 g/mol. The summed E-state index contributed by atoms with van der Waals surface area (Å²) in [4.78, 5) is 9.34. The fourth-order valence-corrected chi connectivity index (χ4v) is 8.35. The van der Waals surface area contributed by atoms with Crippen LogP contribution < -0.4 is 10.9 Å². The Labute approximate surface area is 162 Å². The van der Waals surface area contributed by atoms with E-state index >= 15 is 0 Å². The van der Waals surface area contributed by atoms with Crippen molar-refractivity contribution in [3.63, 3.8) is 0 Å². The zero-order valence-corrected chi connectivity index (χ0v) is 19.0. The largest absolute Gasteiger partial charge is 0.257 e. The number of rotatable bonds is 7. The van der Waals surface area contributed by atoms with E-state index in [-0.39, 0.29) is 15.8 Å². The van der Waals surface area contributed by atoms with Crippen LogP contribution in [-0.2, 0) is 0 Å². The van der Waals surface area contributed by atoms with Gasteiger partial charge in [0.2, 0.25) is 0 Å². The molecule has 2 aromatic rings. The molecule has 0 aliphatic carbocycles. The lowest BCUT2D eigenvalue weighted by Gasteiger charge is -2.32. The first-order valence-corrected chi connectivity index (χ1v) is 12.6. The molecule has 1 unspecified atom stereocenters. The molecule has 0 amide bonds. The molecule has 0 radical (unpaired) electrons. The van der Waals surface area contributed by atoms with Gasteiger partial charge in [-0.25, -0.2) is 0 Å². The highest BCUT2D eigenvalue weighted by molar-refractivity contribution is 7.67. The van der Waals surface area contributed by atoms with Gasteiger partial charge in [0, 0.05) is 12.4 Å². The highest BCUT2D eigenvalue weighted by atomic mass is 31.1. The second-order valence-electron chi connectivity index (χ2n) is 8.73. The average Bonchev–Trinajstić information content (AvgIpc) is 2.57. The Hall–Kier alpha value is -0.840. The van der Waals surface area contributed by atoms with E-state index in [9.17, 15) is 0 Å². The molecule has 0 saturated carbocycles. The van der Waals surface area contributed by atoms with Crippen LogP contribution in [0.4, 0.5) is 0 Å². The minimum Gasteiger partial charge on any atom is -0.257 e. The third-order valence-corrected chi connectivity index (χ3v) is 10.9. The molecule has 2 atom stereocenters. The van der Waals surface area contributed by atoms with Crippen molar-refractivity contribution in [1.29, 1.82) is 0 Å². The Morgan fingerprint density at radius 3 is 1.31 bits per heavy atom. The number of aromatic nitrogens is 2. The Balaban J connectivity index is 1.98. The van der Waals surface area contributed by atoms with Gasteiger partial charge < -0.3 is 0 Å². The van der Waals surface area contributed by atoms with Crippen molar-refractivity contribution in [2.24, 2.45) is 0 Å². The topological polar surface area (TPSA) is 25.8 Å². The van der Waals surface area contributed by atoms with Gasteiger partial charge in [0.1, 0.15) is 0 Å². The van der Waals surface area contributed by atoms with Crippen LogP contribution in [0.2, 0.25) is 0 Å². The van der Waals surface area contributed by atoms with Crippen molar-refractivity contribution in [2.45, 2.75) is 64.7 Å². The summed E-state index contributed by atoms with van der Waals surface area (Å²) in [7, 11) is -0.459. The van der Waals surface area contributed by atoms with E-state index in [1.807, 2.05) is 24.5 Å². The van der Waals surface area contributed by atoms with E-state index in [1.165, 1.54) is 36.0 Å². The molecule has 26 heavy (non-hydrogen) atoms. The van der Waals surface area contributed by atoms with Gasteiger partial charge in [0.15, 0.2) is 0 Å². The van der Waals surface area contributed by atoms with Crippen LogP contribution in [-0.4, -0.2) is 32.6 Å². The predicted octanol–water partition coefficient (Wildman–Crippen LogP) is 5.77. The quantitative estimate of drug-likeness (QED) is 0.445. The Morgan fingerprint density at radius 1 is 0.654 bits per heavy atom. The van der Waals surface area contributed by atoms with Gasteiger partial charge in [0.05, 0.1) is 10.9 Å². The molecule has 4 heteroatoms. The van der Waals surface area contributed by atoms with Crippen molar-refractivity contribution in [1.82, 2.24) is 9.97 Å². The number of nitrogens with zero attached hydrogens (tertiary/aromatic N) is 2. The normalized spacial score (nSPS) is 14.8. The SMILES string of the molecule is CC(C)(C)P(CCCC[P@@](c1ccccn1)C(C)(C)C)c1ccccn1. The second kappa shape index (κ2) is 9.38. The minimum atomic E-state index is -0.230. The fraction of sp³-hybridized carbons (Fsp3) is 0.545. The standard InChI is InChI=1S/C22H34N2P2/c1-21(2,3)25(19-13-7-9-15-23-19)17-11-12-18-26(22(4,5)6)20-14-8-10-16-24-20/h7-10,13-16H,11-12,17-18H2,1-6H3/t25-,26?/m0/s1. The van der Waals surface area contributed by atoms with E-state index in [2.05, 4.69) is 75.8 Å². The van der Waals surface area contributed by atoms with Gasteiger partial charge in [-0.15, -0.1) is 0 Å². The third-order valence-electron chi connectivity index (χ3n) is 4.48. The van der Waals surface area contributed by atoms with Gasteiger partial charge in [0.25, 0.3) is 0 Å². The molecule has 2 aromatic heterocycles. The number of hydrogen-bond acceptors (Lipinski definition) is 2. The summed E-state index contributed by atoms with van der Waals surface area (Å²) >= 11 is 0. The lowest BCUT2D eigenvalue weighted by molar-refractivity contribution is 0.766. The summed E-state index contributed by atoms with van der Waals surface area (Å²) in [6.07, 6.45) is 8.98. The Kier molecular flexibility index (Phi) is 7.75. The highest BCUT2D eigenvalue weighted by Gasteiger charge is 2.28. The molecular formula is C22H34N2P2. The first-order valence-electron chi connectivity index (χ1n) is 9.57. The summed E-state index contributed by atoms with van der Waals surface area (Å²) in [6, 6.07) is 12.7. The zero-order chi connectivity index (χ0) is 19.2. The predicted molar refractivity (Wildman–Crippen MR) is 120 cm³/mol. The van der Waals surface area contributed by atoms with Gasteiger partial charge >= 0.3 is 0 Å². The first kappa shape index (κ1) is 21.5. The van der Waals surface area contributed by atoms with Crippen LogP contribution in [0, 0.1) is 0 Å². The smallest absolute Gasteiger partial charge is 0.0636 e.